The van der Waals surface area contributed by atoms with Crippen LogP contribution in [-0.2, 0) is 4.79 Å². The van der Waals surface area contributed by atoms with E-state index < -0.39 is 0 Å². The second-order valence-corrected chi connectivity index (χ2v) is 5.11. The molecule has 1 saturated carbocycles. The van der Waals surface area contributed by atoms with Gasteiger partial charge in [0.2, 0.25) is 5.91 Å². The first-order chi connectivity index (χ1) is 10.1. The summed E-state index contributed by atoms with van der Waals surface area (Å²) in [5.74, 6) is 0.538. The minimum atomic E-state index is -0.114. The zero-order valence-electron chi connectivity index (χ0n) is 12.1. The van der Waals surface area contributed by atoms with Gasteiger partial charge in [-0.2, -0.15) is 5.26 Å². The number of nitrogens with two attached hydrogens (primary N) is 1. The zero-order chi connectivity index (χ0) is 15.2. The van der Waals surface area contributed by atoms with E-state index in [9.17, 15) is 4.79 Å². The first-order valence-electron chi connectivity index (χ1n) is 6.98. The number of amides is 1. The van der Waals surface area contributed by atoms with Crippen molar-refractivity contribution in [3.63, 3.8) is 0 Å². The van der Waals surface area contributed by atoms with Gasteiger partial charge in [0, 0.05) is 25.1 Å². The molecule has 0 aromatic heterocycles. The number of benzene rings is 1. The molecular formula is C15H20N4O2. The van der Waals surface area contributed by atoms with Crippen molar-refractivity contribution in [2.24, 2.45) is 0 Å². The maximum atomic E-state index is 12.1. The number of nitrogens with one attached hydrogen (secondary N) is 1. The molecule has 1 aliphatic rings. The molecule has 0 radical (unpaired) electrons. The third-order valence-corrected chi connectivity index (χ3v) is 3.45. The normalized spacial score (nSPS) is 13.8. The molecule has 2 rings (SSSR count). The van der Waals surface area contributed by atoms with Crippen LogP contribution >= 0.6 is 0 Å². The summed E-state index contributed by atoms with van der Waals surface area (Å²) in [6.45, 7) is 0.921. The Labute approximate surface area is 124 Å². The van der Waals surface area contributed by atoms with Gasteiger partial charge in [0.05, 0.1) is 31.1 Å². The number of rotatable bonds is 7. The Morgan fingerprint density at radius 1 is 1.57 bits per heavy atom. The number of hydrogen-bond donors (Lipinski definition) is 2. The summed E-state index contributed by atoms with van der Waals surface area (Å²) in [7, 11) is 1.57. The fraction of sp³-hybridized carbons (Fsp3) is 0.467. The van der Waals surface area contributed by atoms with Gasteiger partial charge in [0.15, 0.2) is 0 Å². The zero-order valence-corrected chi connectivity index (χ0v) is 12.1. The first-order valence-corrected chi connectivity index (χ1v) is 6.98. The molecule has 6 heteroatoms. The summed E-state index contributed by atoms with van der Waals surface area (Å²) in [5.41, 5.74) is 6.93. The molecule has 1 aliphatic carbocycles. The van der Waals surface area contributed by atoms with E-state index in [1.165, 1.54) is 0 Å². The molecule has 1 fully saturated rings. The van der Waals surface area contributed by atoms with Crippen molar-refractivity contribution in [1.82, 2.24) is 4.90 Å². The van der Waals surface area contributed by atoms with Crippen LogP contribution in [0.1, 0.15) is 19.3 Å². The van der Waals surface area contributed by atoms with E-state index >= 15 is 0 Å². The van der Waals surface area contributed by atoms with E-state index in [1.807, 2.05) is 0 Å². The molecular weight excluding hydrogens is 268 g/mol. The standard InChI is InChI=1S/C15H20N4O2/c1-21-12-5-6-14(13(17)9-12)18-15(20)10-19(8-2-7-16)11-3-4-11/h5-6,9,11H,2-4,8,10,17H2,1H3,(H,18,20). The van der Waals surface area contributed by atoms with Crippen molar-refractivity contribution in [2.75, 3.05) is 31.2 Å². The first kappa shape index (κ1) is 15.1. The van der Waals surface area contributed by atoms with Gasteiger partial charge >= 0.3 is 0 Å². The Bertz CT molecular complexity index is 549. The quantitative estimate of drug-likeness (QED) is 0.743. The molecule has 1 aromatic carbocycles. The lowest BCUT2D eigenvalue weighted by molar-refractivity contribution is -0.117. The second kappa shape index (κ2) is 6.95. The number of carbonyl (C=O) groups excluding carboxylic acids is 1. The fourth-order valence-corrected chi connectivity index (χ4v) is 2.18. The summed E-state index contributed by atoms with van der Waals surface area (Å²) in [6.07, 6.45) is 2.64. The van der Waals surface area contributed by atoms with Gasteiger partial charge in [-0.25, -0.2) is 0 Å². The van der Waals surface area contributed by atoms with Gasteiger partial charge in [-0.15, -0.1) is 0 Å². The van der Waals surface area contributed by atoms with Crippen LogP contribution in [0, 0.1) is 11.3 Å². The van der Waals surface area contributed by atoms with E-state index in [1.54, 1.807) is 25.3 Å². The highest BCUT2D eigenvalue weighted by atomic mass is 16.5. The van der Waals surface area contributed by atoms with Crippen LogP contribution in [0.15, 0.2) is 18.2 Å². The Morgan fingerprint density at radius 2 is 2.33 bits per heavy atom. The number of hydrogen-bond acceptors (Lipinski definition) is 5. The largest absolute Gasteiger partial charge is 0.497 e. The molecule has 1 amide bonds. The van der Waals surface area contributed by atoms with E-state index in [0.717, 1.165) is 12.8 Å². The third kappa shape index (κ3) is 4.36. The van der Waals surface area contributed by atoms with Gasteiger partial charge < -0.3 is 15.8 Å². The van der Waals surface area contributed by atoms with E-state index in [-0.39, 0.29) is 12.5 Å². The Hall–Kier alpha value is -2.26. The van der Waals surface area contributed by atoms with Crippen LogP contribution < -0.4 is 15.8 Å². The van der Waals surface area contributed by atoms with Gasteiger partial charge in [0.25, 0.3) is 0 Å². The Kier molecular flexibility index (Phi) is 5.01. The SMILES string of the molecule is COc1ccc(NC(=O)CN(CCC#N)C2CC2)c(N)c1. The third-order valence-electron chi connectivity index (χ3n) is 3.45. The molecule has 112 valence electrons. The van der Waals surface area contributed by atoms with Crippen LogP contribution in [0.3, 0.4) is 0 Å². The lowest BCUT2D eigenvalue weighted by Crippen LogP contribution is -2.35. The van der Waals surface area contributed by atoms with Crippen molar-refractivity contribution in [3.8, 4) is 11.8 Å². The van der Waals surface area contributed by atoms with Crippen LogP contribution in [0.5, 0.6) is 5.75 Å². The lowest BCUT2D eigenvalue weighted by atomic mass is 10.2. The van der Waals surface area contributed by atoms with E-state index in [2.05, 4.69) is 16.3 Å². The number of methoxy groups -OCH3 is 1. The lowest BCUT2D eigenvalue weighted by Gasteiger charge is -2.20. The number of nitriles is 1. The molecule has 0 atom stereocenters. The van der Waals surface area contributed by atoms with E-state index in [4.69, 9.17) is 15.7 Å². The topological polar surface area (TPSA) is 91.4 Å². The van der Waals surface area contributed by atoms with Crippen molar-refractivity contribution in [1.29, 1.82) is 5.26 Å². The van der Waals surface area contributed by atoms with Crippen molar-refractivity contribution in [3.05, 3.63) is 18.2 Å². The van der Waals surface area contributed by atoms with Crippen LogP contribution in [0.4, 0.5) is 11.4 Å². The average molecular weight is 288 g/mol. The van der Waals surface area contributed by atoms with Crippen LogP contribution in [0.2, 0.25) is 0 Å². The molecule has 0 bridgehead atoms. The predicted molar refractivity (Wildman–Crippen MR) is 80.9 cm³/mol. The van der Waals surface area contributed by atoms with Crippen molar-refractivity contribution < 1.29 is 9.53 Å². The molecule has 1 aromatic rings. The molecule has 0 saturated heterocycles. The summed E-state index contributed by atoms with van der Waals surface area (Å²) < 4.78 is 5.07. The number of anilines is 2. The van der Waals surface area contributed by atoms with E-state index in [0.29, 0.717) is 36.1 Å². The minimum absolute atomic E-state index is 0.114. The summed E-state index contributed by atoms with van der Waals surface area (Å²) in [5, 5.41) is 11.5. The molecule has 0 heterocycles. The number of nitrogen functional groups attached to an aromatic ring is 1. The monoisotopic (exact) mass is 288 g/mol. The molecule has 6 nitrogen and oxygen atoms in total. The second-order valence-electron chi connectivity index (χ2n) is 5.11. The fourth-order valence-electron chi connectivity index (χ4n) is 2.18. The summed E-state index contributed by atoms with van der Waals surface area (Å²) >= 11 is 0. The predicted octanol–water partition coefficient (Wildman–Crippen LogP) is 1.59. The Morgan fingerprint density at radius 3 is 2.90 bits per heavy atom. The number of ether oxygens (including phenoxy) is 1. The van der Waals surface area contributed by atoms with Gasteiger partial charge in [-0.3, -0.25) is 9.69 Å². The highest BCUT2D eigenvalue weighted by Gasteiger charge is 2.29. The molecule has 0 unspecified atom stereocenters. The van der Waals surface area contributed by atoms with Gasteiger partial charge in [-0.05, 0) is 25.0 Å². The van der Waals surface area contributed by atoms with Gasteiger partial charge in [0.1, 0.15) is 5.75 Å². The highest BCUT2D eigenvalue weighted by molar-refractivity contribution is 5.95. The van der Waals surface area contributed by atoms with Crippen molar-refractivity contribution in [2.45, 2.75) is 25.3 Å². The molecule has 0 spiro atoms. The van der Waals surface area contributed by atoms with Crippen LogP contribution in [-0.4, -0.2) is 37.0 Å². The molecule has 0 aliphatic heterocycles. The Balaban J connectivity index is 1.92. The molecule has 21 heavy (non-hydrogen) atoms. The number of carbonyl (C=O) groups is 1. The summed E-state index contributed by atoms with van der Waals surface area (Å²) in [6, 6.07) is 7.71. The average Bonchev–Trinajstić information content (AvgIpc) is 3.30. The van der Waals surface area contributed by atoms with Crippen LogP contribution in [0.25, 0.3) is 0 Å². The van der Waals surface area contributed by atoms with Crippen molar-refractivity contribution >= 4 is 17.3 Å². The molecule has 3 N–H and O–H groups in total. The smallest absolute Gasteiger partial charge is 0.238 e. The maximum Gasteiger partial charge on any atom is 0.238 e. The number of nitrogens with zero attached hydrogens (tertiary/aromatic N) is 2. The minimum Gasteiger partial charge on any atom is -0.497 e. The van der Waals surface area contributed by atoms with Gasteiger partial charge in [-0.1, -0.05) is 0 Å². The maximum absolute atomic E-state index is 12.1. The highest BCUT2D eigenvalue weighted by Crippen LogP contribution is 2.27. The summed E-state index contributed by atoms with van der Waals surface area (Å²) in [4.78, 5) is 14.2.